The molecule has 0 aliphatic heterocycles. The van der Waals surface area contributed by atoms with Crippen LogP contribution in [0.15, 0.2) is 58.6 Å². The number of nitroso groups, excluding NO2 is 1. The smallest absolute Gasteiger partial charge is 0.270 e. The Hall–Kier alpha value is -3.57. The monoisotopic (exact) mass is 497 g/mol. The van der Waals surface area contributed by atoms with E-state index in [0.717, 1.165) is 25.7 Å². The Morgan fingerprint density at radius 3 is 2.43 bits per heavy atom. The maximum absolute atomic E-state index is 13.4. The summed E-state index contributed by atoms with van der Waals surface area (Å²) in [7, 11) is -3.66. The van der Waals surface area contributed by atoms with Gasteiger partial charge in [0, 0.05) is 24.0 Å². The number of fused-ring (bicyclic) bond motifs is 1. The first-order chi connectivity index (χ1) is 16.7. The van der Waals surface area contributed by atoms with Crippen molar-refractivity contribution in [2.75, 3.05) is 5.75 Å². The second-order valence-corrected chi connectivity index (χ2v) is 11.0. The van der Waals surface area contributed by atoms with Gasteiger partial charge in [0.1, 0.15) is 11.4 Å². The summed E-state index contributed by atoms with van der Waals surface area (Å²) in [5.74, 6) is -0.717. The molecular weight excluding hydrogens is 468 g/mol. The lowest BCUT2D eigenvalue weighted by Crippen LogP contribution is -2.46. The van der Waals surface area contributed by atoms with Crippen LogP contribution in [0.25, 0.3) is 10.9 Å². The van der Waals surface area contributed by atoms with E-state index < -0.39 is 15.7 Å². The molecule has 1 aromatic heterocycles. The number of nitrogens with one attached hydrogen (secondary N) is 1. The third-order valence-corrected chi connectivity index (χ3v) is 8.18. The Morgan fingerprint density at radius 1 is 1.11 bits per heavy atom. The predicted molar refractivity (Wildman–Crippen MR) is 134 cm³/mol. The molecule has 11 heteroatoms. The molecular formula is C24H29N6O4S+. The van der Waals surface area contributed by atoms with E-state index in [0.29, 0.717) is 16.5 Å². The molecule has 1 aliphatic rings. The molecule has 1 aliphatic carbocycles. The number of benzene rings is 2. The van der Waals surface area contributed by atoms with Gasteiger partial charge in [0.2, 0.25) is 0 Å². The topological polar surface area (TPSA) is 175 Å². The lowest BCUT2D eigenvalue weighted by atomic mass is 9.92. The Bertz CT molecular complexity index is 1380. The third kappa shape index (κ3) is 5.10. The first-order valence-electron chi connectivity index (χ1n) is 11.4. The van der Waals surface area contributed by atoms with Crippen LogP contribution in [0.5, 0.6) is 0 Å². The van der Waals surface area contributed by atoms with Gasteiger partial charge in [0.05, 0.1) is 21.7 Å². The van der Waals surface area contributed by atoms with Gasteiger partial charge in [0.15, 0.2) is 9.84 Å². The molecule has 1 amide bonds. The van der Waals surface area contributed by atoms with Gasteiger partial charge < -0.3 is 15.6 Å². The van der Waals surface area contributed by atoms with Crippen LogP contribution in [0.4, 0.5) is 5.69 Å². The van der Waals surface area contributed by atoms with Gasteiger partial charge in [-0.3, -0.25) is 15.9 Å². The largest absolute Gasteiger partial charge is 0.348 e. The normalized spacial score (nSPS) is 18.3. The minimum atomic E-state index is -3.66. The molecule has 0 unspecified atom stereocenters. The maximum Gasteiger partial charge on any atom is 0.270 e. The number of nitrogens with two attached hydrogens (primary N) is 3. The Morgan fingerprint density at radius 2 is 1.80 bits per heavy atom. The number of carbonyl (C=O) groups excluding carboxylic acids is 1. The van der Waals surface area contributed by atoms with Crippen molar-refractivity contribution in [2.24, 2.45) is 16.6 Å². The maximum atomic E-state index is 13.4. The molecule has 4 rings (SSSR count). The average molecular weight is 498 g/mol. The van der Waals surface area contributed by atoms with Crippen molar-refractivity contribution in [3.05, 3.63) is 64.7 Å². The molecule has 0 atom stereocenters. The Balaban J connectivity index is 1.76. The lowest BCUT2D eigenvalue weighted by molar-refractivity contribution is -0.114. The average Bonchev–Trinajstić information content (AvgIpc) is 3.17. The van der Waals surface area contributed by atoms with Crippen LogP contribution in [0, 0.1) is 4.91 Å². The van der Waals surface area contributed by atoms with Crippen molar-refractivity contribution in [2.45, 2.75) is 49.2 Å². The van der Waals surface area contributed by atoms with Gasteiger partial charge in [0.25, 0.3) is 11.7 Å². The van der Waals surface area contributed by atoms with Crippen molar-refractivity contribution >= 4 is 38.2 Å². The number of sulfone groups is 1. The molecule has 1 heterocycles. The zero-order chi connectivity index (χ0) is 25.2. The van der Waals surface area contributed by atoms with Crippen molar-refractivity contribution in [1.82, 2.24) is 9.88 Å². The van der Waals surface area contributed by atoms with E-state index >= 15 is 0 Å². The highest BCUT2D eigenvalue weighted by Gasteiger charge is 2.28. The Kier molecular flexibility index (Phi) is 6.99. The van der Waals surface area contributed by atoms with Crippen LogP contribution in [0.2, 0.25) is 0 Å². The van der Waals surface area contributed by atoms with Crippen LogP contribution in [-0.2, 0) is 16.4 Å². The standard InChI is InChI=1S/C24H28N6O4S/c25-16-7-9-17(10-8-16)28-24(31)22-21(29-32)19-11-6-15(23(26)27)14-20(19)30(22)12-13-35(33,34)18-4-2-1-3-5-18/h1-6,11,14,16-17H,7-10,12-13,25H2,(H3,26,27)(H,28,31)/p+1. The van der Waals surface area contributed by atoms with Crippen molar-refractivity contribution in [3.8, 4) is 0 Å². The van der Waals surface area contributed by atoms with E-state index in [9.17, 15) is 18.1 Å². The van der Waals surface area contributed by atoms with Gasteiger partial charge in [-0.15, -0.1) is 4.91 Å². The van der Waals surface area contributed by atoms with Crippen LogP contribution in [0.1, 0.15) is 41.7 Å². The summed E-state index contributed by atoms with van der Waals surface area (Å²) in [6, 6.07) is 12.9. The molecule has 0 radical (unpaired) electrons. The molecule has 0 saturated heterocycles. The van der Waals surface area contributed by atoms with Crippen molar-refractivity contribution in [3.63, 3.8) is 0 Å². The highest BCUT2D eigenvalue weighted by Crippen LogP contribution is 2.35. The zero-order valence-electron chi connectivity index (χ0n) is 19.2. The Labute approximate surface area is 203 Å². The fourth-order valence-corrected chi connectivity index (χ4v) is 5.77. The SMILES string of the molecule is NC(=[NH2+])c1ccc2c(N=O)c(C(=O)NC3CCC(N)CC3)n(CCS(=O)(=O)c3ccccc3)c2c1. The number of rotatable bonds is 8. The van der Waals surface area contributed by atoms with E-state index in [1.165, 1.54) is 16.7 Å². The number of aromatic nitrogens is 1. The lowest BCUT2D eigenvalue weighted by Gasteiger charge is -2.27. The molecule has 184 valence electrons. The van der Waals surface area contributed by atoms with Crippen LogP contribution in [-0.4, -0.2) is 42.6 Å². The van der Waals surface area contributed by atoms with Crippen LogP contribution < -0.4 is 22.2 Å². The second kappa shape index (κ2) is 9.96. The van der Waals surface area contributed by atoms with Gasteiger partial charge in [-0.05, 0) is 61.2 Å². The molecule has 10 nitrogen and oxygen atoms in total. The van der Waals surface area contributed by atoms with E-state index in [1.54, 1.807) is 36.4 Å². The first kappa shape index (κ1) is 24.6. The fourth-order valence-electron chi connectivity index (χ4n) is 4.54. The second-order valence-electron chi connectivity index (χ2n) is 8.84. The molecule has 7 N–H and O–H groups in total. The molecule has 0 bridgehead atoms. The van der Waals surface area contributed by atoms with E-state index in [-0.39, 0.29) is 46.5 Å². The fraction of sp³-hybridized carbons (Fsp3) is 0.333. The molecule has 2 aromatic carbocycles. The minimum Gasteiger partial charge on any atom is -0.348 e. The first-order valence-corrected chi connectivity index (χ1v) is 13.1. The number of carbonyl (C=O) groups is 1. The van der Waals surface area contributed by atoms with Crippen molar-refractivity contribution in [1.29, 1.82) is 0 Å². The predicted octanol–water partition coefficient (Wildman–Crippen LogP) is 0.977. The van der Waals surface area contributed by atoms with E-state index in [1.807, 2.05) is 0 Å². The summed E-state index contributed by atoms with van der Waals surface area (Å²) in [5, 5.41) is 12.3. The molecule has 1 fully saturated rings. The number of nitrogens with zero attached hydrogens (tertiary/aromatic N) is 2. The summed E-state index contributed by atoms with van der Waals surface area (Å²) in [5.41, 5.74) is 12.6. The van der Waals surface area contributed by atoms with Crippen molar-refractivity contribution < 1.29 is 18.6 Å². The highest BCUT2D eigenvalue weighted by atomic mass is 32.2. The van der Waals surface area contributed by atoms with Crippen LogP contribution in [0.3, 0.4) is 0 Å². The zero-order valence-corrected chi connectivity index (χ0v) is 20.0. The summed E-state index contributed by atoms with van der Waals surface area (Å²) in [6.07, 6.45) is 3.03. The minimum absolute atomic E-state index is 0.0147. The number of hydrogen-bond acceptors (Lipinski definition) is 6. The molecule has 0 spiro atoms. The van der Waals surface area contributed by atoms with Gasteiger partial charge >= 0.3 is 0 Å². The highest BCUT2D eigenvalue weighted by molar-refractivity contribution is 7.91. The number of amides is 1. The van der Waals surface area contributed by atoms with Gasteiger partial charge in [-0.25, -0.2) is 8.42 Å². The number of aryl methyl sites for hydroxylation is 1. The summed E-state index contributed by atoms with van der Waals surface area (Å²) >= 11 is 0. The van der Waals surface area contributed by atoms with E-state index in [2.05, 4.69) is 10.5 Å². The summed E-state index contributed by atoms with van der Waals surface area (Å²) in [4.78, 5) is 25.5. The van der Waals surface area contributed by atoms with Crippen LogP contribution >= 0.6 is 0 Å². The summed E-state index contributed by atoms with van der Waals surface area (Å²) < 4.78 is 27.5. The number of amidine groups is 1. The number of hydrogen-bond donors (Lipinski definition) is 4. The summed E-state index contributed by atoms with van der Waals surface area (Å²) in [6.45, 7) is -0.0739. The quantitative estimate of drug-likeness (QED) is 0.205. The molecule has 35 heavy (non-hydrogen) atoms. The molecule has 1 saturated carbocycles. The van der Waals surface area contributed by atoms with Gasteiger partial charge in [-0.2, -0.15) is 0 Å². The van der Waals surface area contributed by atoms with E-state index in [4.69, 9.17) is 16.9 Å². The third-order valence-electron chi connectivity index (χ3n) is 6.47. The molecule has 3 aromatic rings. The van der Waals surface area contributed by atoms with Gasteiger partial charge in [-0.1, -0.05) is 18.2 Å².